The highest BCUT2D eigenvalue weighted by Gasteiger charge is 2.55. The molecule has 0 radical (unpaired) electrons. The fourth-order valence-electron chi connectivity index (χ4n) is 9.36. The van der Waals surface area contributed by atoms with Gasteiger partial charge in [0.05, 0.1) is 39.0 Å². The Morgan fingerprint density at radius 1 is 0.939 bits per heavy atom. The van der Waals surface area contributed by atoms with Crippen LogP contribution in [0.15, 0.2) is 48.1 Å². The highest BCUT2D eigenvalue weighted by atomic mass is 28.4. The predicted molar refractivity (Wildman–Crippen MR) is 202 cm³/mol. The number of carbonyl (C=O) groups is 1. The fraction of sp³-hybridized carbons (Fsp3) is 0.738. The molecule has 1 spiro atoms. The van der Waals surface area contributed by atoms with Gasteiger partial charge in [-0.1, -0.05) is 84.7 Å². The minimum absolute atomic E-state index is 0.169. The summed E-state index contributed by atoms with van der Waals surface area (Å²) in [6.45, 7) is 22.4. The van der Waals surface area contributed by atoms with Crippen molar-refractivity contribution in [1.29, 1.82) is 0 Å². The van der Waals surface area contributed by atoms with Crippen LogP contribution in [0.3, 0.4) is 0 Å². The van der Waals surface area contributed by atoms with Crippen molar-refractivity contribution in [3.05, 3.63) is 53.6 Å². The van der Waals surface area contributed by atoms with Crippen LogP contribution in [0.4, 0.5) is 0 Å². The molecule has 2 fully saturated rings. The van der Waals surface area contributed by atoms with Crippen molar-refractivity contribution in [2.75, 3.05) is 26.9 Å². The van der Waals surface area contributed by atoms with Crippen LogP contribution in [0, 0.1) is 23.2 Å². The lowest BCUT2D eigenvalue weighted by atomic mass is 9.63. The quantitative estimate of drug-likeness (QED) is 0.0918. The van der Waals surface area contributed by atoms with Gasteiger partial charge in [-0.3, -0.25) is 4.79 Å². The summed E-state index contributed by atoms with van der Waals surface area (Å²) in [6.07, 6.45) is 14.5. The van der Waals surface area contributed by atoms with Crippen LogP contribution in [-0.4, -0.2) is 52.9 Å². The van der Waals surface area contributed by atoms with E-state index in [-0.39, 0.29) is 29.3 Å². The van der Waals surface area contributed by atoms with Crippen LogP contribution >= 0.6 is 0 Å². The molecule has 2 aliphatic carbocycles. The van der Waals surface area contributed by atoms with E-state index in [1.165, 1.54) is 18.4 Å². The number of ketones is 1. The first-order chi connectivity index (χ1) is 23.3. The van der Waals surface area contributed by atoms with Crippen LogP contribution in [0.5, 0.6) is 5.75 Å². The minimum atomic E-state index is -2.05. The molecule has 1 heterocycles. The van der Waals surface area contributed by atoms with E-state index < -0.39 is 14.1 Å². The van der Waals surface area contributed by atoms with Gasteiger partial charge < -0.3 is 23.4 Å². The third kappa shape index (κ3) is 9.37. The molecule has 0 aromatic heterocycles. The third-order valence-corrected chi connectivity index (χ3v) is 18.1. The van der Waals surface area contributed by atoms with Gasteiger partial charge in [-0.15, -0.1) is 0 Å². The number of hydrogen-bond donors (Lipinski definition) is 0. The topological polar surface area (TPSA) is 63.2 Å². The zero-order chi connectivity index (χ0) is 35.8. The molecule has 1 saturated carbocycles. The molecule has 49 heavy (non-hydrogen) atoms. The second kappa shape index (κ2) is 17.6. The molecule has 6 nitrogen and oxygen atoms in total. The number of carbonyl (C=O) groups excluding carboxylic acids is 1. The molecule has 276 valence electrons. The summed E-state index contributed by atoms with van der Waals surface area (Å²) in [5.74, 6) is 0.758. The largest absolute Gasteiger partial charge is 0.497 e. The highest BCUT2D eigenvalue weighted by Crippen LogP contribution is 2.53. The second-order valence-electron chi connectivity index (χ2n) is 16.4. The molecule has 7 heteroatoms. The standard InChI is InChI=1S/C42H68O6Si/c1-11-12-13-14-15-16-17-34-26-37-40(45-27-33-18-20-35(44-10)21-19-33)39(38(43)22-24-42(37)28-46-41(8,9)47-29-42)36(34)23-25-48-49(30(2)3,31(4)5)32(6)7/h11-12,18-21,26,30-32,34,36,39-40H,13-17,22-25,27-29H2,1-10H3/b12-11+/t34-,36+,39+,40?/m1/s1. The molecule has 3 aliphatic rings. The Morgan fingerprint density at radius 3 is 2.18 bits per heavy atom. The number of hydrogen-bond acceptors (Lipinski definition) is 6. The smallest absolute Gasteiger partial charge is 0.200 e. The Labute approximate surface area is 299 Å². The zero-order valence-corrected chi connectivity index (χ0v) is 33.5. The normalized spacial score (nSPS) is 25.4. The van der Waals surface area contributed by atoms with Gasteiger partial charge >= 0.3 is 0 Å². The molecule has 0 amide bonds. The van der Waals surface area contributed by atoms with E-state index in [0.717, 1.165) is 43.4 Å². The van der Waals surface area contributed by atoms with Crippen molar-refractivity contribution in [2.45, 2.75) is 149 Å². The zero-order valence-electron chi connectivity index (χ0n) is 32.5. The summed E-state index contributed by atoms with van der Waals surface area (Å²) < 4.78 is 32.3. The van der Waals surface area contributed by atoms with Crippen molar-refractivity contribution >= 4 is 14.1 Å². The van der Waals surface area contributed by atoms with E-state index in [1.807, 2.05) is 26.0 Å². The van der Waals surface area contributed by atoms with Crippen molar-refractivity contribution in [1.82, 2.24) is 0 Å². The van der Waals surface area contributed by atoms with E-state index in [2.05, 4.69) is 78.8 Å². The average Bonchev–Trinajstić information content (AvgIpc) is 3.14. The number of Topliss-reactive ketones (excluding diaryl/α,β-unsaturated/α-hetero) is 1. The number of unbranched alkanes of at least 4 members (excludes halogenated alkanes) is 3. The Morgan fingerprint density at radius 2 is 1.59 bits per heavy atom. The van der Waals surface area contributed by atoms with E-state index in [1.54, 1.807) is 7.11 Å². The molecule has 1 aromatic rings. The van der Waals surface area contributed by atoms with Crippen LogP contribution < -0.4 is 4.74 Å². The first-order valence-electron chi connectivity index (χ1n) is 19.3. The molecular formula is C42H68O6Si. The number of allylic oxidation sites excluding steroid dienone is 3. The molecular weight excluding hydrogens is 629 g/mol. The Kier molecular flexibility index (Phi) is 14.4. The second-order valence-corrected chi connectivity index (χ2v) is 21.9. The lowest BCUT2D eigenvalue weighted by molar-refractivity contribution is -0.281. The summed E-state index contributed by atoms with van der Waals surface area (Å²) in [4.78, 5) is 14.5. The Balaban J connectivity index is 1.71. The maximum absolute atomic E-state index is 14.5. The predicted octanol–water partition coefficient (Wildman–Crippen LogP) is 10.6. The SMILES string of the molecule is C/C=C/CCCCC[C@@H]1C=C2C(OCc3ccc(OC)cc3)[C@H](C(=O)CCC23COC(C)(C)OC3)[C@H]1CCO[Si](C(C)C)(C(C)C)C(C)C. The number of benzene rings is 1. The molecule has 2 bridgehead atoms. The maximum atomic E-state index is 14.5. The summed E-state index contributed by atoms with van der Waals surface area (Å²) in [5, 5.41) is 0. The van der Waals surface area contributed by atoms with Crippen molar-refractivity contribution in [2.24, 2.45) is 23.2 Å². The van der Waals surface area contributed by atoms with Gasteiger partial charge in [0.25, 0.3) is 0 Å². The van der Waals surface area contributed by atoms with Crippen LogP contribution in [0.2, 0.25) is 16.6 Å². The van der Waals surface area contributed by atoms with Gasteiger partial charge in [0.2, 0.25) is 0 Å². The summed E-state index contributed by atoms with van der Waals surface area (Å²) in [5.41, 5.74) is 3.50. The monoisotopic (exact) mass is 696 g/mol. The van der Waals surface area contributed by atoms with Gasteiger partial charge in [-0.25, -0.2) is 0 Å². The van der Waals surface area contributed by atoms with Crippen molar-refractivity contribution in [3.63, 3.8) is 0 Å². The maximum Gasteiger partial charge on any atom is 0.200 e. The molecule has 1 aromatic carbocycles. The van der Waals surface area contributed by atoms with Gasteiger partial charge in [-0.05, 0) is 105 Å². The first kappa shape index (κ1) is 40.0. The highest BCUT2D eigenvalue weighted by molar-refractivity contribution is 6.77. The molecule has 1 unspecified atom stereocenters. The lowest BCUT2D eigenvalue weighted by Gasteiger charge is -2.49. The van der Waals surface area contributed by atoms with Crippen LogP contribution in [-0.2, 0) is 30.0 Å². The Bertz CT molecular complexity index is 1220. The molecule has 4 rings (SSSR count). The van der Waals surface area contributed by atoms with E-state index >= 15 is 0 Å². The molecule has 4 atom stereocenters. The van der Waals surface area contributed by atoms with Gasteiger partial charge in [0.1, 0.15) is 11.5 Å². The third-order valence-electron chi connectivity index (χ3n) is 12.0. The molecule has 1 saturated heterocycles. The number of methoxy groups -OCH3 is 1. The lowest BCUT2D eigenvalue weighted by Crippen LogP contribution is -2.52. The Hall–Kier alpha value is -1.77. The van der Waals surface area contributed by atoms with Crippen LogP contribution in [0.1, 0.15) is 119 Å². The molecule has 0 N–H and O–H groups in total. The average molecular weight is 697 g/mol. The molecule has 1 aliphatic heterocycles. The van der Waals surface area contributed by atoms with Gasteiger partial charge in [-0.2, -0.15) is 0 Å². The van der Waals surface area contributed by atoms with Crippen LogP contribution in [0.25, 0.3) is 0 Å². The minimum Gasteiger partial charge on any atom is -0.497 e. The number of ether oxygens (including phenoxy) is 4. The fourth-order valence-corrected chi connectivity index (χ4v) is 14.8. The number of rotatable bonds is 17. The summed E-state index contributed by atoms with van der Waals surface area (Å²) in [6, 6.07) is 8.07. The first-order valence-corrected chi connectivity index (χ1v) is 21.5. The van der Waals surface area contributed by atoms with Gasteiger partial charge in [0, 0.05) is 18.4 Å². The summed E-state index contributed by atoms with van der Waals surface area (Å²) in [7, 11) is -0.364. The van der Waals surface area contributed by atoms with Crippen molar-refractivity contribution in [3.8, 4) is 5.75 Å². The summed E-state index contributed by atoms with van der Waals surface area (Å²) >= 11 is 0. The van der Waals surface area contributed by atoms with E-state index in [9.17, 15) is 4.79 Å². The number of fused-ring (bicyclic) bond motifs is 3. The van der Waals surface area contributed by atoms with E-state index in [4.69, 9.17) is 23.4 Å². The van der Waals surface area contributed by atoms with Crippen molar-refractivity contribution < 1.29 is 28.2 Å². The van der Waals surface area contributed by atoms with E-state index in [0.29, 0.717) is 55.3 Å². The van der Waals surface area contributed by atoms with Gasteiger partial charge in [0.15, 0.2) is 14.1 Å².